The predicted molar refractivity (Wildman–Crippen MR) is 98.2 cm³/mol. The van der Waals surface area contributed by atoms with Gasteiger partial charge in [0.25, 0.3) is 0 Å². The molecule has 0 N–H and O–H groups in total. The van der Waals surface area contributed by atoms with Crippen molar-refractivity contribution in [3.8, 4) is 5.88 Å². The van der Waals surface area contributed by atoms with Crippen LogP contribution in [0.15, 0.2) is 18.2 Å². The van der Waals surface area contributed by atoms with Crippen LogP contribution in [0.25, 0.3) is 0 Å². The maximum Gasteiger partial charge on any atom is 0.215 e. The molecule has 0 bridgehead atoms. The first-order chi connectivity index (χ1) is 12.6. The molecule has 1 aromatic carbocycles. The zero-order valence-corrected chi connectivity index (χ0v) is 15.7. The van der Waals surface area contributed by atoms with E-state index in [4.69, 9.17) is 9.84 Å². The van der Waals surface area contributed by atoms with Gasteiger partial charge in [0, 0.05) is 17.7 Å². The number of aryl methyl sites for hydroxylation is 1. The number of aromatic nitrogens is 2. The van der Waals surface area contributed by atoms with Gasteiger partial charge in [-0.3, -0.25) is 0 Å². The Balaban J connectivity index is 1.80. The molecule has 1 fully saturated rings. The van der Waals surface area contributed by atoms with Crippen LogP contribution in [0.4, 0.5) is 8.78 Å². The van der Waals surface area contributed by atoms with Crippen molar-refractivity contribution in [2.45, 2.75) is 71.9 Å². The predicted octanol–water partition coefficient (Wildman–Crippen LogP) is 5.58. The van der Waals surface area contributed by atoms with Crippen molar-refractivity contribution in [2.75, 3.05) is 0 Å². The number of benzene rings is 1. The summed E-state index contributed by atoms with van der Waals surface area (Å²) in [7, 11) is 0. The maximum absolute atomic E-state index is 13.9. The zero-order chi connectivity index (χ0) is 18.5. The van der Waals surface area contributed by atoms with E-state index < -0.39 is 11.6 Å². The summed E-state index contributed by atoms with van der Waals surface area (Å²) in [5, 5.41) is 4.77. The molecule has 0 unspecified atom stereocenters. The van der Waals surface area contributed by atoms with Gasteiger partial charge in [0.05, 0.1) is 5.69 Å². The van der Waals surface area contributed by atoms with E-state index in [1.165, 1.54) is 38.2 Å². The van der Waals surface area contributed by atoms with Gasteiger partial charge in [-0.15, -0.1) is 0 Å². The fourth-order valence-electron chi connectivity index (χ4n) is 3.78. The summed E-state index contributed by atoms with van der Waals surface area (Å²) in [6.45, 7) is 4.98. The van der Waals surface area contributed by atoms with E-state index in [2.05, 4.69) is 6.92 Å². The molecule has 1 aromatic heterocycles. The van der Waals surface area contributed by atoms with Gasteiger partial charge < -0.3 is 4.74 Å². The highest BCUT2D eigenvalue weighted by Gasteiger charge is 2.21. The second kappa shape index (κ2) is 8.65. The fourth-order valence-corrected chi connectivity index (χ4v) is 3.78. The average molecular weight is 362 g/mol. The third-order valence-electron chi connectivity index (χ3n) is 5.24. The van der Waals surface area contributed by atoms with Gasteiger partial charge >= 0.3 is 0 Å². The lowest BCUT2D eigenvalue weighted by molar-refractivity contribution is 0.240. The molecule has 1 heterocycles. The van der Waals surface area contributed by atoms with Crippen LogP contribution in [0.1, 0.15) is 62.3 Å². The highest BCUT2D eigenvalue weighted by Crippen LogP contribution is 2.30. The Morgan fingerprint density at radius 2 is 1.96 bits per heavy atom. The molecule has 1 saturated carbocycles. The molecule has 26 heavy (non-hydrogen) atoms. The van der Waals surface area contributed by atoms with Gasteiger partial charge in [0.15, 0.2) is 0 Å². The Hall–Kier alpha value is -1.91. The van der Waals surface area contributed by atoms with E-state index in [1.54, 1.807) is 0 Å². The number of ether oxygens (including phenoxy) is 1. The van der Waals surface area contributed by atoms with Gasteiger partial charge in [-0.05, 0) is 50.3 Å². The molecule has 0 saturated heterocycles. The molecule has 1 aliphatic carbocycles. The Morgan fingerprint density at radius 3 is 2.69 bits per heavy atom. The molecule has 142 valence electrons. The first-order valence-electron chi connectivity index (χ1n) is 9.71. The van der Waals surface area contributed by atoms with Gasteiger partial charge in [-0.2, -0.15) is 5.10 Å². The van der Waals surface area contributed by atoms with Crippen molar-refractivity contribution < 1.29 is 13.5 Å². The van der Waals surface area contributed by atoms with Gasteiger partial charge in [0.1, 0.15) is 18.2 Å². The summed E-state index contributed by atoms with van der Waals surface area (Å²) in [6, 6.07) is 3.46. The van der Waals surface area contributed by atoms with Crippen molar-refractivity contribution in [1.82, 2.24) is 9.78 Å². The highest BCUT2D eigenvalue weighted by molar-refractivity contribution is 5.31. The Labute approximate surface area is 154 Å². The van der Waals surface area contributed by atoms with Crippen LogP contribution in [-0.4, -0.2) is 9.78 Å². The number of rotatable bonds is 7. The summed E-state index contributed by atoms with van der Waals surface area (Å²) in [5.74, 6) is 0.411. The first-order valence-corrected chi connectivity index (χ1v) is 9.71. The maximum atomic E-state index is 13.9. The third kappa shape index (κ3) is 4.43. The molecule has 3 rings (SSSR count). The van der Waals surface area contributed by atoms with Crippen LogP contribution in [0, 0.1) is 24.5 Å². The normalized spacial score (nSPS) is 15.4. The summed E-state index contributed by atoms with van der Waals surface area (Å²) in [5.41, 5.74) is 2.28. The van der Waals surface area contributed by atoms with Gasteiger partial charge in [-0.25, -0.2) is 13.5 Å². The van der Waals surface area contributed by atoms with Crippen LogP contribution in [0.3, 0.4) is 0 Å². The monoisotopic (exact) mass is 362 g/mol. The Kier molecular flexibility index (Phi) is 6.28. The fraction of sp³-hybridized carbons (Fsp3) is 0.571. The van der Waals surface area contributed by atoms with Crippen molar-refractivity contribution in [2.24, 2.45) is 5.92 Å². The molecule has 0 radical (unpaired) electrons. The minimum absolute atomic E-state index is 0.00631. The molecule has 2 aromatic rings. The molecular weight excluding hydrogens is 334 g/mol. The van der Waals surface area contributed by atoms with Crippen LogP contribution >= 0.6 is 0 Å². The molecule has 3 nitrogen and oxygen atoms in total. The largest absolute Gasteiger partial charge is 0.473 e. The van der Waals surface area contributed by atoms with E-state index in [1.807, 2.05) is 11.6 Å². The molecular formula is C21H28F2N2O. The topological polar surface area (TPSA) is 27.1 Å². The van der Waals surface area contributed by atoms with Crippen molar-refractivity contribution in [3.63, 3.8) is 0 Å². The SMILES string of the molecule is CCCc1nn(CC2CCCCC2)c(OCc2cc(F)ccc2F)c1C. The molecule has 0 spiro atoms. The van der Waals surface area contributed by atoms with E-state index >= 15 is 0 Å². The van der Waals surface area contributed by atoms with E-state index in [-0.39, 0.29) is 12.2 Å². The molecule has 0 atom stereocenters. The molecule has 0 aliphatic heterocycles. The Morgan fingerprint density at radius 1 is 1.19 bits per heavy atom. The van der Waals surface area contributed by atoms with E-state index in [0.717, 1.165) is 42.8 Å². The summed E-state index contributed by atoms with van der Waals surface area (Å²) >= 11 is 0. The minimum atomic E-state index is -0.455. The van der Waals surface area contributed by atoms with Crippen LogP contribution in [0.2, 0.25) is 0 Å². The summed E-state index contributed by atoms with van der Waals surface area (Å²) in [6.07, 6.45) is 8.22. The second-order valence-electron chi connectivity index (χ2n) is 7.34. The van der Waals surface area contributed by atoms with Crippen molar-refractivity contribution in [3.05, 3.63) is 46.7 Å². The number of hydrogen-bond donors (Lipinski definition) is 0. The summed E-state index contributed by atoms with van der Waals surface area (Å²) in [4.78, 5) is 0. The molecule has 5 heteroatoms. The van der Waals surface area contributed by atoms with E-state index in [0.29, 0.717) is 11.8 Å². The Bertz CT molecular complexity index is 736. The van der Waals surface area contributed by atoms with Crippen molar-refractivity contribution >= 4 is 0 Å². The molecule has 0 amide bonds. The van der Waals surface area contributed by atoms with Gasteiger partial charge in [-0.1, -0.05) is 32.6 Å². The lowest BCUT2D eigenvalue weighted by Gasteiger charge is -2.22. The zero-order valence-electron chi connectivity index (χ0n) is 15.7. The quantitative estimate of drug-likeness (QED) is 0.643. The second-order valence-corrected chi connectivity index (χ2v) is 7.34. The number of halogens is 2. The first kappa shape index (κ1) is 18.9. The standard InChI is InChI=1S/C21H28F2N2O/c1-3-7-20-15(2)21(25(24-20)13-16-8-5-4-6-9-16)26-14-17-12-18(22)10-11-19(17)23/h10-12,16H,3-9,13-14H2,1-2H3. The van der Waals surface area contributed by atoms with Crippen LogP contribution < -0.4 is 4.74 Å². The lowest BCUT2D eigenvalue weighted by atomic mass is 9.89. The van der Waals surface area contributed by atoms with E-state index in [9.17, 15) is 8.78 Å². The average Bonchev–Trinajstić information content (AvgIpc) is 2.92. The smallest absolute Gasteiger partial charge is 0.215 e. The number of nitrogens with zero attached hydrogens (tertiary/aromatic N) is 2. The van der Waals surface area contributed by atoms with Crippen LogP contribution in [-0.2, 0) is 19.6 Å². The van der Waals surface area contributed by atoms with Gasteiger partial charge in [0.2, 0.25) is 5.88 Å². The summed E-state index contributed by atoms with van der Waals surface area (Å²) < 4.78 is 35.2. The minimum Gasteiger partial charge on any atom is -0.473 e. The lowest BCUT2D eigenvalue weighted by Crippen LogP contribution is -2.16. The van der Waals surface area contributed by atoms with Crippen molar-refractivity contribution in [1.29, 1.82) is 0 Å². The highest BCUT2D eigenvalue weighted by atomic mass is 19.1. The third-order valence-corrected chi connectivity index (χ3v) is 5.24. The molecule has 1 aliphatic rings. The number of hydrogen-bond acceptors (Lipinski definition) is 2. The van der Waals surface area contributed by atoms with Crippen LogP contribution in [0.5, 0.6) is 5.88 Å².